The van der Waals surface area contributed by atoms with E-state index in [0.717, 1.165) is 28.0 Å². The SMILES string of the molecule is Cc1sc(CN2CCC(C)CC2)nc1CO. The standard InChI is InChI=1S/C12H20N2OS/c1-9-3-5-14(6-4-9)7-12-13-11(8-15)10(2)16-12/h9,15H,3-8H2,1-2H3. The first-order chi connectivity index (χ1) is 7.69. The lowest BCUT2D eigenvalue weighted by Gasteiger charge is -2.29. The lowest BCUT2D eigenvalue weighted by molar-refractivity contribution is 0.185. The van der Waals surface area contributed by atoms with Gasteiger partial charge in [-0.2, -0.15) is 0 Å². The molecule has 2 rings (SSSR count). The highest BCUT2D eigenvalue weighted by molar-refractivity contribution is 7.11. The van der Waals surface area contributed by atoms with Crippen LogP contribution >= 0.6 is 11.3 Å². The third-order valence-electron chi connectivity index (χ3n) is 3.32. The van der Waals surface area contributed by atoms with Gasteiger partial charge in [0.15, 0.2) is 0 Å². The van der Waals surface area contributed by atoms with Gasteiger partial charge < -0.3 is 5.11 Å². The number of aromatic nitrogens is 1. The lowest BCUT2D eigenvalue weighted by Crippen LogP contribution is -2.32. The van der Waals surface area contributed by atoms with Crippen molar-refractivity contribution in [3.05, 3.63) is 15.6 Å². The monoisotopic (exact) mass is 240 g/mol. The number of aliphatic hydroxyl groups is 1. The van der Waals surface area contributed by atoms with Crippen LogP contribution in [0.2, 0.25) is 0 Å². The molecule has 0 saturated carbocycles. The first-order valence-corrected chi connectivity index (χ1v) is 6.79. The van der Waals surface area contributed by atoms with E-state index in [1.807, 2.05) is 6.92 Å². The van der Waals surface area contributed by atoms with Crippen LogP contribution in [0.4, 0.5) is 0 Å². The van der Waals surface area contributed by atoms with Crippen LogP contribution in [0.25, 0.3) is 0 Å². The quantitative estimate of drug-likeness (QED) is 0.879. The zero-order valence-corrected chi connectivity index (χ0v) is 10.9. The van der Waals surface area contributed by atoms with Crippen molar-refractivity contribution in [1.82, 2.24) is 9.88 Å². The van der Waals surface area contributed by atoms with Crippen molar-refractivity contribution in [2.75, 3.05) is 13.1 Å². The zero-order valence-electron chi connectivity index (χ0n) is 10.1. The topological polar surface area (TPSA) is 36.4 Å². The van der Waals surface area contributed by atoms with Gasteiger partial charge in [0.25, 0.3) is 0 Å². The molecular weight excluding hydrogens is 220 g/mol. The summed E-state index contributed by atoms with van der Waals surface area (Å²) >= 11 is 1.72. The molecule has 0 atom stereocenters. The number of aryl methyl sites for hydroxylation is 1. The van der Waals surface area contributed by atoms with Crippen LogP contribution in [0, 0.1) is 12.8 Å². The molecule has 1 saturated heterocycles. The first kappa shape index (κ1) is 12.0. The third kappa shape index (κ3) is 2.81. The van der Waals surface area contributed by atoms with Gasteiger partial charge in [-0.05, 0) is 38.8 Å². The summed E-state index contributed by atoms with van der Waals surface area (Å²) in [5, 5.41) is 10.3. The minimum absolute atomic E-state index is 0.0688. The maximum absolute atomic E-state index is 9.10. The number of rotatable bonds is 3. The van der Waals surface area contributed by atoms with E-state index in [9.17, 15) is 0 Å². The highest BCUT2D eigenvalue weighted by Crippen LogP contribution is 2.22. The smallest absolute Gasteiger partial charge is 0.107 e. The molecule has 0 radical (unpaired) electrons. The predicted octanol–water partition coefficient (Wildman–Crippen LogP) is 2.18. The molecule has 1 aromatic rings. The summed E-state index contributed by atoms with van der Waals surface area (Å²) in [6.45, 7) is 7.76. The normalized spacial score (nSPS) is 19.2. The lowest BCUT2D eigenvalue weighted by atomic mass is 9.99. The van der Waals surface area contributed by atoms with Crippen LogP contribution in [0.1, 0.15) is 35.3 Å². The fourth-order valence-corrected chi connectivity index (χ4v) is 3.10. The summed E-state index contributed by atoms with van der Waals surface area (Å²) in [6.07, 6.45) is 2.61. The number of hydrogen-bond acceptors (Lipinski definition) is 4. The number of hydrogen-bond donors (Lipinski definition) is 1. The van der Waals surface area contributed by atoms with E-state index in [0.29, 0.717) is 0 Å². The Morgan fingerprint density at radius 1 is 1.44 bits per heavy atom. The number of nitrogens with zero attached hydrogens (tertiary/aromatic N) is 2. The van der Waals surface area contributed by atoms with Crippen molar-refractivity contribution in [2.45, 2.75) is 39.8 Å². The molecule has 3 nitrogen and oxygen atoms in total. The summed E-state index contributed by atoms with van der Waals surface area (Å²) in [4.78, 5) is 8.10. The summed E-state index contributed by atoms with van der Waals surface area (Å²) in [5.41, 5.74) is 0.852. The third-order valence-corrected chi connectivity index (χ3v) is 4.32. The van der Waals surface area contributed by atoms with Crippen LogP contribution in [-0.2, 0) is 13.2 Å². The molecular formula is C12H20N2OS. The molecule has 1 N–H and O–H groups in total. The molecule has 0 spiro atoms. The maximum atomic E-state index is 9.10. The highest BCUT2D eigenvalue weighted by Gasteiger charge is 2.17. The van der Waals surface area contributed by atoms with Gasteiger partial charge in [-0.3, -0.25) is 4.90 Å². The van der Waals surface area contributed by atoms with Gasteiger partial charge in [0, 0.05) is 4.88 Å². The minimum Gasteiger partial charge on any atom is -0.390 e. The second-order valence-corrected chi connectivity index (χ2v) is 6.02. The number of aliphatic hydroxyl groups excluding tert-OH is 1. The molecule has 1 aliphatic heterocycles. The van der Waals surface area contributed by atoms with Crippen LogP contribution in [-0.4, -0.2) is 28.1 Å². The van der Waals surface area contributed by atoms with Crippen LogP contribution < -0.4 is 0 Å². The molecule has 2 heterocycles. The van der Waals surface area contributed by atoms with Crippen LogP contribution in [0.5, 0.6) is 0 Å². The van der Waals surface area contributed by atoms with Gasteiger partial charge in [0.1, 0.15) is 5.01 Å². The fraction of sp³-hybridized carbons (Fsp3) is 0.750. The molecule has 0 bridgehead atoms. The van der Waals surface area contributed by atoms with Crippen molar-refractivity contribution >= 4 is 11.3 Å². The van der Waals surface area contributed by atoms with E-state index in [1.165, 1.54) is 25.9 Å². The van der Waals surface area contributed by atoms with E-state index < -0.39 is 0 Å². The van der Waals surface area contributed by atoms with Gasteiger partial charge in [-0.15, -0.1) is 11.3 Å². The average molecular weight is 240 g/mol. The van der Waals surface area contributed by atoms with Crippen LogP contribution in [0.15, 0.2) is 0 Å². The van der Waals surface area contributed by atoms with Crippen molar-refractivity contribution in [3.63, 3.8) is 0 Å². The van der Waals surface area contributed by atoms with E-state index in [-0.39, 0.29) is 6.61 Å². The Morgan fingerprint density at radius 2 is 2.12 bits per heavy atom. The highest BCUT2D eigenvalue weighted by atomic mass is 32.1. The zero-order chi connectivity index (χ0) is 11.5. The van der Waals surface area contributed by atoms with Crippen molar-refractivity contribution in [3.8, 4) is 0 Å². The van der Waals surface area contributed by atoms with E-state index in [1.54, 1.807) is 11.3 Å². The second kappa shape index (κ2) is 5.25. The molecule has 4 heteroatoms. The number of piperidine rings is 1. The van der Waals surface area contributed by atoms with Crippen molar-refractivity contribution in [2.24, 2.45) is 5.92 Å². The van der Waals surface area contributed by atoms with Crippen LogP contribution in [0.3, 0.4) is 0 Å². The fourth-order valence-electron chi connectivity index (χ4n) is 2.11. The predicted molar refractivity (Wildman–Crippen MR) is 66.4 cm³/mol. The summed E-state index contributed by atoms with van der Waals surface area (Å²) < 4.78 is 0. The molecule has 0 amide bonds. The summed E-state index contributed by atoms with van der Waals surface area (Å²) in [5.74, 6) is 0.877. The Kier molecular flexibility index (Phi) is 3.95. The van der Waals surface area contributed by atoms with E-state index in [2.05, 4.69) is 16.8 Å². The summed E-state index contributed by atoms with van der Waals surface area (Å²) in [6, 6.07) is 0. The van der Waals surface area contributed by atoms with Gasteiger partial charge in [-0.25, -0.2) is 4.98 Å². The Balaban J connectivity index is 1.93. The molecule has 90 valence electrons. The average Bonchev–Trinajstić information content (AvgIpc) is 2.62. The minimum atomic E-state index is 0.0688. The van der Waals surface area contributed by atoms with E-state index in [4.69, 9.17) is 5.11 Å². The Labute approximate surface area is 101 Å². The maximum Gasteiger partial charge on any atom is 0.107 e. The largest absolute Gasteiger partial charge is 0.390 e. The molecule has 0 unspecified atom stereocenters. The second-order valence-electron chi connectivity index (χ2n) is 4.73. The molecule has 1 fully saturated rings. The number of thiazole rings is 1. The Hall–Kier alpha value is -0.450. The van der Waals surface area contributed by atoms with Gasteiger partial charge in [-0.1, -0.05) is 6.92 Å². The van der Waals surface area contributed by atoms with Crippen molar-refractivity contribution in [1.29, 1.82) is 0 Å². The molecule has 1 aromatic heterocycles. The Bertz CT molecular complexity index is 343. The van der Waals surface area contributed by atoms with E-state index >= 15 is 0 Å². The van der Waals surface area contributed by atoms with Gasteiger partial charge >= 0.3 is 0 Å². The van der Waals surface area contributed by atoms with Gasteiger partial charge in [0.05, 0.1) is 18.8 Å². The molecule has 0 aliphatic carbocycles. The van der Waals surface area contributed by atoms with Crippen molar-refractivity contribution < 1.29 is 5.11 Å². The molecule has 16 heavy (non-hydrogen) atoms. The number of likely N-dealkylation sites (tertiary alicyclic amines) is 1. The Morgan fingerprint density at radius 3 is 2.69 bits per heavy atom. The first-order valence-electron chi connectivity index (χ1n) is 5.97. The van der Waals surface area contributed by atoms with Gasteiger partial charge in [0.2, 0.25) is 0 Å². The summed E-state index contributed by atoms with van der Waals surface area (Å²) in [7, 11) is 0. The molecule has 0 aromatic carbocycles. The molecule has 1 aliphatic rings.